The van der Waals surface area contributed by atoms with Gasteiger partial charge in [0.2, 0.25) is 0 Å². The molecule has 0 spiro atoms. The van der Waals surface area contributed by atoms with E-state index >= 15 is 0 Å². The predicted octanol–water partition coefficient (Wildman–Crippen LogP) is 3.04. The van der Waals surface area contributed by atoms with Crippen LogP contribution in [0, 0.1) is 11.6 Å². The second-order valence-electron chi connectivity index (χ2n) is 4.47. The van der Waals surface area contributed by atoms with E-state index in [0.717, 1.165) is 31.7 Å². The van der Waals surface area contributed by atoms with Crippen LogP contribution in [0.2, 0.25) is 0 Å². The number of carboxylic acid groups (broad SMARTS) is 1. The number of halogens is 2. The number of hydrogen-bond acceptors (Lipinski definition) is 2. The summed E-state index contributed by atoms with van der Waals surface area (Å²) >= 11 is 0. The standard InChI is InChI=1S/C13H15F2NO2/c14-11-9(13(17)18)5-6-10(12(11)15)16-7-3-1-2-4-8-16/h5-6H,1-4,7-8H2,(H,17,18). The summed E-state index contributed by atoms with van der Waals surface area (Å²) in [4.78, 5) is 12.5. The Labute approximate surface area is 104 Å². The first-order valence-corrected chi connectivity index (χ1v) is 6.07. The average molecular weight is 255 g/mol. The molecule has 0 saturated carbocycles. The van der Waals surface area contributed by atoms with Gasteiger partial charge in [0.1, 0.15) is 0 Å². The van der Waals surface area contributed by atoms with E-state index < -0.39 is 23.2 Å². The van der Waals surface area contributed by atoms with Crippen LogP contribution in [0.25, 0.3) is 0 Å². The first-order valence-electron chi connectivity index (χ1n) is 6.07. The maximum atomic E-state index is 13.9. The first-order chi connectivity index (χ1) is 8.61. The normalized spacial score (nSPS) is 16.4. The lowest BCUT2D eigenvalue weighted by Crippen LogP contribution is -2.25. The van der Waals surface area contributed by atoms with E-state index in [1.54, 1.807) is 4.90 Å². The summed E-state index contributed by atoms with van der Waals surface area (Å²) in [5, 5.41) is 8.72. The van der Waals surface area contributed by atoms with Crippen molar-refractivity contribution < 1.29 is 18.7 Å². The van der Waals surface area contributed by atoms with Gasteiger partial charge in [0.25, 0.3) is 0 Å². The fraction of sp³-hybridized carbons (Fsp3) is 0.462. The van der Waals surface area contributed by atoms with Gasteiger partial charge in [0, 0.05) is 13.1 Å². The molecule has 1 aromatic carbocycles. The molecule has 0 unspecified atom stereocenters. The van der Waals surface area contributed by atoms with Crippen LogP contribution in [-0.4, -0.2) is 24.2 Å². The van der Waals surface area contributed by atoms with Crippen molar-refractivity contribution in [1.82, 2.24) is 0 Å². The molecule has 0 atom stereocenters. The molecule has 0 aliphatic carbocycles. The Morgan fingerprint density at radius 3 is 2.22 bits per heavy atom. The molecule has 5 heteroatoms. The molecule has 0 bridgehead atoms. The Morgan fingerprint density at radius 2 is 1.67 bits per heavy atom. The molecular formula is C13H15F2NO2. The summed E-state index contributed by atoms with van der Waals surface area (Å²) < 4.78 is 27.4. The molecule has 0 amide bonds. The number of nitrogens with zero attached hydrogens (tertiary/aromatic N) is 1. The van der Waals surface area contributed by atoms with Gasteiger partial charge in [-0.2, -0.15) is 0 Å². The molecule has 1 aromatic rings. The van der Waals surface area contributed by atoms with Crippen molar-refractivity contribution in [1.29, 1.82) is 0 Å². The highest BCUT2D eigenvalue weighted by Gasteiger charge is 2.21. The predicted molar refractivity (Wildman–Crippen MR) is 64.0 cm³/mol. The van der Waals surface area contributed by atoms with Crippen LogP contribution in [0.15, 0.2) is 12.1 Å². The van der Waals surface area contributed by atoms with E-state index in [2.05, 4.69) is 0 Å². The summed E-state index contributed by atoms with van der Waals surface area (Å²) in [5.74, 6) is -3.78. The number of hydrogen-bond donors (Lipinski definition) is 1. The number of aromatic carboxylic acids is 1. The minimum atomic E-state index is -1.45. The summed E-state index contributed by atoms with van der Waals surface area (Å²) in [7, 11) is 0. The van der Waals surface area contributed by atoms with Crippen LogP contribution in [0.1, 0.15) is 36.0 Å². The Balaban J connectivity index is 2.33. The van der Waals surface area contributed by atoms with E-state index in [4.69, 9.17) is 5.11 Å². The number of carbonyl (C=O) groups is 1. The lowest BCUT2D eigenvalue weighted by Gasteiger charge is -2.23. The maximum absolute atomic E-state index is 13.9. The Bertz CT molecular complexity index is 455. The van der Waals surface area contributed by atoms with E-state index in [-0.39, 0.29) is 5.69 Å². The third kappa shape index (κ3) is 2.44. The smallest absolute Gasteiger partial charge is 0.338 e. The van der Waals surface area contributed by atoms with Crippen molar-refractivity contribution in [2.24, 2.45) is 0 Å². The molecule has 1 N–H and O–H groups in total. The summed E-state index contributed by atoms with van der Waals surface area (Å²) in [5.41, 5.74) is -0.453. The van der Waals surface area contributed by atoms with Crippen LogP contribution < -0.4 is 4.90 Å². The van der Waals surface area contributed by atoms with E-state index in [9.17, 15) is 13.6 Å². The molecule has 1 saturated heterocycles. The van der Waals surface area contributed by atoms with Gasteiger partial charge in [0.15, 0.2) is 11.6 Å². The summed E-state index contributed by atoms with van der Waals surface area (Å²) in [6.07, 6.45) is 4.07. The largest absolute Gasteiger partial charge is 0.478 e. The second-order valence-corrected chi connectivity index (χ2v) is 4.47. The Hall–Kier alpha value is -1.65. The molecule has 18 heavy (non-hydrogen) atoms. The number of rotatable bonds is 2. The van der Waals surface area contributed by atoms with Crippen molar-refractivity contribution >= 4 is 11.7 Å². The Morgan fingerprint density at radius 1 is 1.06 bits per heavy atom. The molecule has 0 aromatic heterocycles. The van der Waals surface area contributed by atoms with Gasteiger partial charge in [-0.25, -0.2) is 13.6 Å². The van der Waals surface area contributed by atoms with Gasteiger partial charge >= 0.3 is 5.97 Å². The van der Waals surface area contributed by atoms with Gasteiger partial charge < -0.3 is 10.0 Å². The molecule has 2 rings (SSSR count). The minimum Gasteiger partial charge on any atom is -0.478 e. The quantitative estimate of drug-likeness (QED) is 0.883. The molecule has 1 heterocycles. The van der Waals surface area contributed by atoms with Crippen LogP contribution in [0.3, 0.4) is 0 Å². The van der Waals surface area contributed by atoms with Gasteiger partial charge in [-0.1, -0.05) is 12.8 Å². The highest BCUT2D eigenvalue weighted by Crippen LogP contribution is 2.26. The van der Waals surface area contributed by atoms with Crippen molar-refractivity contribution in [2.75, 3.05) is 18.0 Å². The minimum absolute atomic E-state index is 0.166. The molecule has 1 fully saturated rings. The van der Waals surface area contributed by atoms with Crippen molar-refractivity contribution in [3.05, 3.63) is 29.3 Å². The third-order valence-electron chi connectivity index (χ3n) is 3.24. The van der Waals surface area contributed by atoms with Crippen LogP contribution in [-0.2, 0) is 0 Å². The molecule has 0 radical (unpaired) electrons. The topological polar surface area (TPSA) is 40.5 Å². The van der Waals surface area contributed by atoms with Gasteiger partial charge in [-0.3, -0.25) is 0 Å². The lowest BCUT2D eigenvalue weighted by atomic mass is 10.1. The summed E-state index contributed by atoms with van der Waals surface area (Å²) in [6, 6.07) is 2.48. The number of carboxylic acids is 1. The zero-order valence-corrected chi connectivity index (χ0v) is 9.96. The fourth-order valence-electron chi connectivity index (χ4n) is 2.26. The third-order valence-corrected chi connectivity index (χ3v) is 3.24. The first kappa shape index (κ1) is 12.8. The fourth-order valence-corrected chi connectivity index (χ4v) is 2.26. The second kappa shape index (κ2) is 5.33. The monoisotopic (exact) mass is 255 g/mol. The SMILES string of the molecule is O=C(O)c1ccc(N2CCCCCC2)c(F)c1F. The van der Waals surface area contributed by atoms with Gasteiger partial charge in [-0.05, 0) is 25.0 Å². The molecule has 1 aliphatic heterocycles. The Kier molecular flexibility index (Phi) is 3.79. The molecular weight excluding hydrogens is 240 g/mol. The van der Waals surface area contributed by atoms with Gasteiger partial charge in [0.05, 0.1) is 11.3 Å². The van der Waals surface area contributed by atoms with Crippen LogP contribution >= 0.6 is 0 Å². The maximum Gasteiger partial charge on any atom is 0.338 e. The van der Waals surface area contributed by atoms with Crippen molar-refractivity contribution in [2.45, 2.75) is 25.7 Å². The highest BCUT2D eigenvalue weighted by molar-refractivity contribution is 5.88. The highest BCUT2D eigenvalue weighted by atomic mass is 19.2. The van der Waals surface area contributed by atoms with E-state index in [0.29, 0.717) is 13.1 Å². The zero-order valence-electron chi connectivity index (χ0n) is 9.96. The van der Waals surface area contributed by atoms with Gasteiger partial charge in [-0.15, -0.1) is 0 Å². The average Bonchev–Trinajstić information content (AvgIpc) is 2.60. The van der Waals surface area contributed by atoms with Crippen molar-refractivity contribution in [3.63, 3.8) is 0 Å². The number of benzene rings is 1. The van der Waals surface area contributed by atoms with Crippen molar-refractivity contribution in [3.8, 4) is 0 Å². The zero-order chi connectivity index (χ0) is 13.1. The van der Waals surface area contributed by atoms with Crippen LogP contribution in [0.5, 0.6) is 0 Å². The lowest BCUT2D eigenvalue weighted by molar-refractivity contribution is 0.0690. The molecule has 3 nitrogen and oxygen atoms in total. The molecule has 1 aliphatic rings. The summed E-state index contributed by atoms with van der Waals surface area (Å²) in [6.45, 7) is 1.37. The number of anilines is 1. The van der Waals surface area contributed by atoms with E-state index in [1.165, 1.54) is 6.07 Å². The van der Waals surface area contributed by atoms with E-state index in [1.807, 2.05) is 0 Å². The van der Waals surface area contributed by atoms with Crippen LogP contribution in [0.4, 0.5) is 14.5 Å². The molecule has 98 valence electrons.